The van der Waals surface area contributed by atoms with Crippen LogP contribution in [-0.4, -0.2) is 42.1 Å². The molecule has 0 aromatic carbocycles. The van der Waals surface area contributed by atoms with E-state index in [1.54, 1.807) is 6.26 Å². The quantitative estimate of drug-likeness (QED) is 0.386. The number of likely N-dealkylation sites (tertiary alicyclic amines) is 1. The molecule has 1 saturated heterocycles. The topological polar surface area (TPSA) is 57.7 Å². The van der Waals surface area contributed by atoms with Crippen LogP contribution in [-0.2, 0) is 13.6 Å². The molecule has 1 aliphatic rings. The highest BCUT2D eigenvalue weighted by Gasteiger charge is 2.24. The molecule has 3 rings (SSSR count). The molecule has 0 bridgehead atoms. The maximum atomic E-state index is 5.70. The number of nitrogens with one attached hydrogen (secondary N) is 2. The monoisotopic (exact) mass is 471 g/mol. The normalized spacial score (nSPS) is 16.8. The van der Waals surface area contributed by atoms with Crippen molar-refractivity contribution in [3.05, 3.63) is 48.2 Å². The summed E-state index contributed by atoms with van der Waals surface area (Å²) in [4.78, 5) is 6.86. The summed E-state index contributed by atoms with van der Waals surface area (Å²) >= 11 is 0. The van der Waals surface area contributed by atoms with Crippen LogP contribution in [0.15, 0.2) is 46.3 Å². The summed E-state index contributed by atoms with van der Waals surface area (Å²) < 4.78 is 7.75. The van der Waals surface area contributed by atoms with E-state index in [0.717, 1.165) is 37.9 Å². The summed E-state index contributed by atoms with van der Waals surface area (Å²) in [7, 11) is 3.84. The van der Waals surface area contributed by atoms with Crippen LogP contribution in [0.5, 0.6) is 0 Å². The number of aliphatic imine (C=N–C) groups is 1. The molecule has 1 unspecified atom stereocenters. The molecule has 0 aliphatic carbocycles. The second-order valence-corrected chi connectivity index (χ2v) is 6.62. The predicted molar refractivity (Wildman–Crippen MR) is 116 cm³/mol. The Morgan fingerprint density at radius 2 is 2.04 bits per heavy atom. The first-order valence-corrected chi connectivity index (χ1v) is 9.09. The van der Waals surface area contributed by atoms with Gasteiger partial charge in [0.15, 0.2) is 5.96 Å². The molecule has 0 saturated carbocycles. The predicted octanol–water partition coefficient (Wildman–Crippen LogP) is 3.13. The molecule has 0 spiro atoms. The molecular weight excluding hydrogens is 441 g/mol. The van der Waals surface area contributed by atoms with Gasteiger partial charge in [-0.25, -0.2) is 0 Å². The van der Waals surface area contributed by atoms with E-state index in [4.69, 9.17) is 4.42 Å². The number of piperidine rings is 1. The Morgan fingerprint density at radius 3 is 2.65 bits per heavy atom. The number of furan rings is 1. The van der Waals surface area contributed by atoms with Crippen LogP contribution >= 0.6 is 24.0 Å². The van der Waals surface area contributed by atoms with Crippen LogP contribution in [0.25, 0.3) is 0 Å². The standard InChI is InChI=1S/C19H29N5O.HI/c1-20-19(21-13-16-8-11-23(2)15-16)22-14-17(18-7-6-12-25-18)24-9-4-3-5-10-24;/h6-8,11-12,15,17H,3-5,9-10,13-14H2,1-2H3,(H2,20,21,22);1H. The lowest BCUT2D eigenvalue weighted by Gasteiger charge is -2.33. The van der Waals surface area contributed by atoms with Crippen LogP contribution in [0.4, 0.5) is 0 Å². The summed E-state index contributed by atoms with van der Waals surface area (Å²) in [5.74, 6) is 1.84. The molecule has 2 aromatic rings. The van der Waals surface area contributed by atoms with Gasteiger partial charge in [-0.15, -0.1) is 24.0 Å². The Kier molecular flexibility index (Phi) is 8.50. The number of aryl methyl sites for hydroxylation is 1. The molecular formula is C19H30IN5O. The van der Waals surface area contributed by atoms with Crippen LogP contribution in [0.2, 0.25) is 0 Å². The number of guanidine groups is 1. The average molecular weight is 471 g/mol. The molecule has 7 heteroatoms. The maximum absolute atomic E-state index is 5.70. The molecule has 1 fully saturated rings. The third kappa shape index (κ3) is 5.77. The number of hydrogen-bond acceptors (Lipinski definition) is 3. The Labute approximate surface area is 173 Å². The Bertz CT molecular complexity index is 661. The van der Waals surface area contributed by atoms with Crippen molar-refractivity contribution in [2.24, 2.45) is 12.0 Å². The molecule has 2 aromatic heterocycles. The largest absolute Gasteiger partial charge is 0.468 e. The SMILES string of the molecule is CN=C(NCc1ccn(C)c1)NCC(c1ccco1)N1CCCCC1.I. The van der Waals surface area contributed by atoms with E-state index in [2.05, 4.69) is 49.6 Å². The molecule has 3 heterocycles. The number of aromatic nitrogens is 1. The van der Waals surface area contributed by atoms with Crippen molar-refractivity contribution in [2.45, 2.75) is 31.8 Å². The van der Waals surface area contributed by atoms with Gasteiger partial charge in [-0.2, -0.15) is 0 Å². The molecule has 144 valence electrons. The van der Waals surface area contributed by atoms with Crippen molar-refractivity contribution < 1.29 is 4.42 Å². The Hall–Kier alpha value is -1.48. The number of hydrogen-bond donors (Lipinski definition) is 2. The first-order chi connectivity index (χ1) is 12.3. The molecule has 0 amide bonds. The number of rotatable bonds is 6. The highest BCUT2D eigenvalue weighted by Crippen LogP contribution is 2.24. The van der Waals surface area contributed by atoms with E-state index in [9.17, 15) is 0 Å². The lowest BCUT2D eigenvalue weighted by molar-refractivity contribution is 0.146. The summed E-state index contributed by atoms with van der Waals surface area (Å²) in [5.41, 5.74) is 1.24. The van der Waals surface area contributed by atoms with E-state index in [1.165, 1.54) is 24.8 Å². The molecule has 6 nitrogen and oxygen atoms in total. The summed E-state index contributed by atoms with van der Waals surface area (Å²) in [6.07, 6.45) is 9.77. The highest BCUT2D eigenvalue weighted by atomic mass is 127. The number of nitrogens with zero attached hydrogens (tertiary/aromatic N) is 3. The van der Waals surface area contributed by atoms with Crippen LogP contribution < -0.4 is 10.6 Å². The fourth-order valence-electron chi connectivity index (χ4n) is 3.39. The van der Waals surface area contributed by atoms with E-state index in [-0.39, 0.29) is 30.0 Å². The lowest BCUT2D eigenvalue weighted by atomic mass is 10.1. The van der Waals surface area contributed by atoms with Crippen molar-refractivity contribution in [1.82, 2.24) is 20.1 Å². The van der Waals surface area contributed by atoms with Gasteiger partial charge in [0.2, 0.25) is 0 Å². The Balaban J connectivity index is 0.00000243. The molecule has 1 aliphatic heterocycles. The van der Waals surface area contributed by atoms with Gasteiger partial charge in [0.1, 0.15) is 5.76 Å². The molecule has 1 atom stereocenters. The van der Waals surface area contributed by atoms with Crippen molar-refractivity contribution in [3.63, 3.8) is 0 Å². The van der Waals surface area contributed by atoms with Crippen LogP contribution in [0.3, 0.4) is 0 Å². The van der Waals surface area contributed by atoms with Gasteiger partial charge in [-0.3, -0.25) is 9.89 Å². The third-order valence-corrected chi connectivity index (χ3v) is 4.74. The first-order valence-electron chi connectivity index (χ1n) is 9.09. The van der Waals surface area contributed by atoms with Gasteiger partial charge in [-0.1, -0.05) is 6.42 Å². The van der Waals surface area contributed by atoms with E-state index in [1.807, 2.05) is 20.2 Å². The highest BCUT2D eigenvalue weighted by molar-refractivity contribution is 14.0. The van der Waals surface area contributed by atoms with E-state index >= 15 is 0 Å². The van der Waals surface area contributed by atoms with Gasteiger partial charge in [0, 0.05) is 39.6 Å². The number of halogens is 1. The molecule has 2 N–H and O–H groups in total. The van der Waals surface area contributed by atoms with Gasteiger partial charge in [-0.05, 0) is 49.7 Å². The Morgan fingerprint density at radius 1 is 1.23 bits per heavy atom. The van der Waals surface area contributed by atoms with Gasteiger partial charge >= 0.3 is 0 Å². The maximum Gasteiger partial charge on any atom is 0.191 e. The molecule has 0 radical (unpaired) electrons. The van der Waals surface area contributed by atoms with Crippen LogP contribution in [0, 0.1) is 0 Å². The van der Waals surface area contributed by atoms with Crippen molar-refractivity contribution in [2.75, 3.05) is 26.7 Å². The summed E-state index contributed by atoms with van der Waals surface area (Å²) in [6.45, 7) is 3.80. The van der Waals surface area contributed by atoms with E-state index in [0.29, 0.717) is 0 Å². The zero-order chi connectivity index (χ0) is 17.5. The van der Waals surface area contributed by atoms with E-state index < -0.39 is 0 Å². The lowest BCUT2D eigenvalue weighted by Crippen LogP contribution is -2.44. The van der Waals surface area contributed by atoms with Crippen molar-refractivity contribution >= 4 is 29.9 Å². The fourth-order valence-corrected chi connectivity index (χ4v) is 3.39. The van der Waals surface area contributed by atoms with Crippen molar-refractivity contribution in [3.8, 4) is 0 Å². The van der Waals surface area contributed by atoms with Gasteiger partial charge in [0.05, 0.1) is 12.3 Å². The second kappa shape index (κ2) is 10.6. The fraction of sp³-hybridized carbons (Fsp3) is 0.526. The van der Waals surface area contributed by atoms with Gasteiger partial charge < -0.3 is 19.6 Å². The second-order valence-electron chi connectivity index (χ2n) is 6.62. The average Bonchev–Trinajstić information content (AvgIpc) is 3.31. The summed E-state index contributed by atoms with van der Waals surface area (Å²) in [5, 5.41) is 6.84. The minimum Gasteiger partial charge on any atom is -0.468 e. The minimum atomic E-state index is 0. The van der Waals surface area contributed by atoms with Crippen molar-refractivity contribution in [1.29, 1.82) is 0 Å². The zero-order valence-corrected chi connectivity index (χ0v) is 18.0. The molecule has 26 heavy (non-hydrogen) atoms. The zero-order valence-electron chi connectivity index (χ0n) is 15.6. The third-order valence-electron chi connectivity index (χ3n) is 4.74. The summed E-state index contributed by atoms with van der Waals surface area (Å²) in [6, 6.07) is 6.39. The first kappa shape index (κ1) is 20.8. The van der Waals surface area contributed by atoms with Crippen LogP contribution in [0.1, 0.15) is 36.6 Å². The minimum absolute atomic E-state index is 0. The smallest absolute Gasteiger partial charge is 0.191 e. The van der Waals surface area contributed by atoms with Gasteiger partial charge in [0.25, 0.3) is 0 Å².